The molecule has 0 amide bonds. The first-order chi connectivity index (χ1) is 10.2. The van der Waals surface area contributed by atoms with E-state index in [2.05, 4.69) is 10.2 Å². The van der Waals surface area contributed by atoms with Gasteiger partial charge in [0, 0.05) is 10.8 Å². The van der Waals surface area contributed by atoms with E-state index < -0.39 is 0 Å². The molecule has 0 atom stereocenters. The van der Waals surface area contributed by atoms with Gasteiger partial charge >= 0.3 is 5.69 Å². The number of halogens is 1. The minimum atomic E-state index is -0.257. The Morgan fingerprint density at radius 1 is 1.10 bits per heavy atom. The highest BCUT2D eigenvalue weighted by Gasteiger charge is 2.11. The number of benzene rings is 2. The molecule has 0 saturated heterocycles. The summed E-state index contributed by atoms with van der Waals surface area (Å²) in [6.45, 7) is 0. The monoisotopic (exact) mass is 317 g/mol. The van der Waals surface area contributed by atoms with Gasteiger partial charge in [0.1, 0.15) is 0 Å². The Labute approximate surface area is 130 Å². The predicted molar refractivity (Wildman–Crippen MR) is 85.2 cm³/mol. The zero-order chi connectivity index (χ0) is 14.7. The molecule has 0 spiro atoms. The Morgan fingerprint density at radius 3 is 2.52 bits per heavy atom. The molecule has 0 bridgehead atoms. The molecule has 0 saturated carbocycles. The topological polar surface area (TPSA) is 50.7 Å². The zero-order valence-corrected chi connectivity index (χ0v) is 12.6. The smallest absolute Gasteiger partial charge is 0.246 e. The van der Waals surface area contributed by atoms with E-state index in [4.69, 9.17) is 11.6 Å². The van der Waals surface area contributed by atoms with E-state index in [0.717, 1.165) is 11.4 Å². The number of thioether (sulfide) groups is 1. The number of hydrogen-bond donors (Lipinski definition) is 1. The van der Waals surface area contributed by atoms with Crippen LogP contribution in [0.25, 0.3) is 5.69 Å². The van der Waals surface area contributed by atoms with Crippen LogP contribution in [-0.4, -0.2) is 14.8 Å². The Balaban J connectivity index is 1.87. The molecule has 0 aliphatic carbocycles. The fourth-order valence-electron chi connectivity index (χ4n) is 1.92. The van der Waals surface area contributed by atoms with Crippen LogP contribution in [0.5, 0.6) is 0 Å². The van der Waals surface area contributed by atoms with Crippen LogP contribution in [0.3, 0.4) is 0 Å². The summed E-state index contributed by atoms with van der Waals surface area (Å²) in [4.78, 5) is 11.9. The number of rotatable bonds is 4. The summed E-state index contributed by atoms with van der Waals surface area (Å²) >= 11 is 7.39. The third-order valence-corrected chi connectivity index (χ3v) is 4.20. The summed E-state index contributed by atoms with van der Waals surface area (Å²) in [6.07, 6.45) is 0. The third-order valence-electron chi connectivity index (χ3n) is 2.94. The molecule has 3 rings (SSSR count). The second-order valence-electron chi connectivity index (χ2n) is 4.40. The molecule has 2 aromatic carbocycles. The maximum Gasteiger partial charge on any atom is 0.348 e. The van der Waals surface area contributed by atoms with Crippen molar-refractivity contribution in [2.75, 3.05) is 0 Å². The highest BCUT2D eigenvalue weighted by Crippen LogP contribution is 2.22. The highest BCUT2D eigenvalue weighted by atomic mass is 35.5. The molecular formula is C15H12ClN3OS. The Hall–Kier alpha value is -1.98. The normalized spacial score (nSPS) is 10.7. The van der Waals surface area contributed by atoms with Gasteiger partial charge in [0.2, 0.25) is 0 Å². The first-order valence-corrected chi connectivity index (χ1v) is 7.70. The van der Waals surface area contributed by atoms with E-state index >= 15 is 0 Å². The number of H-pyrrole nitrogens is 1. The van der Waals surface area contributed by atoms with Gasteiger partial charge in [-0.1, -0.05) is 53.7 Å². The zero-order valence-electron chi connectivity index (χ0n) is 11.0. The second-order valence-corrected chi connectivity index (χ2v) is 5.78. The number of hydrogen-bond acceptors (Lipinski definition) is 3. The minimum Gasteiger partial charge on any atom is -0.246 e. The van der Waals surface area contributed by atoms with Crippen molar-refractivity contribution in [2.45, 2.75) is 10.9 Å². The summed E-state index contributed by atoms with van der Waals surface area (Å²) in [5.74, 6) is 0.749. The minimum absolute atomic E-state index is 0.257. The maximum atomic E-state index is 11.9. The molecule has 0 unspecified atom stereocenters. The van der Waals surface area contributed by atoms with Crippen LogP contribution in [0, 0.1) is 0 Å². The fraction of sp³-hybridized carbons (Fsp3) is 0.0667. The van der Waals surface area contributed by atoms with Crippen LogP contribution < -0.4 is 5.69 Å². The van der Waals surface area contributed by atoms with Crippen molar-refractivity contribution in [3.8, 4) is 5.69 Å². The van der Waals surface area contributed by atoms with Gasteiger partial charge in [-0.15, -0.1) is 5.10 Å². The average molecular weight is 318 g/mol. The quantitative estimate of drug-likeness (QED) is 0.749. The van der Waals surface area contributed by atoms with E-state index in [0.29, 0.717) is 10.2 Å². The molecule has 0 aliphatic heterocycles. The van der Waals surface area contributed by atoms with E-state index in [1.54, 1.807) is 28.8 Å². The molecule has 6 heteroatoms. The summed E-state index contributed by atoms with van der Waals surface area (Å²) < 4.78 is 1.55. The van der Waals surface area contributed by atoms with E-state index in [-0.39, 0.29) is 5.69 Å². The molecule has 1 aromatic heterocycles. The highest BCUT2D eigenvalue weighted by molar-refractivity contribution is 7.98. The third kappa shape index (κ3) is 3.20. The number of aromatic nitrogens is 3. The Bertz CT molecular complexity index is 781. The lowest BCUT2D eigenvalue weighted by atomic mass is 10.2. The fourth-order valence-corrected chi connectivity index (χ4v) is 2.96. The standard InChI is InChI=1S/C15H12ClN3OS/c16-12-6-8-13(9-7-12)19-14(20)17-18-15(19)21-10-11-4-2-1-3-5-11/h1-9H,10H2,(H,17,20). The summed E-state index contributed by atoms with van der Waals surface area (Å²) in [6, 6.07) is 17.2. The van der Waals surface area contributed by atoms with Gasteiger partial charge < -0.3 is 0 Å². The van der Waals surface area contributed by atoms with Gasteiger partial charge in [0.15, 0.2) is 5.16 Å². The van der Waals surface area contributed by atoms with Crippen molar-refractivity contribution in [1.82, 2.24) is 14.8 Å². The van der Waals surface area contributed by atoms with Crippen LogP contribution in [0.1, 0.15) is 5.56 Å². The van der Waals surface area contributed by atoms with Gasteiger partial charge in [0.05, 0.1) is 5.69 Å². The molecule has 0 fully saturated rings. The van der Waals surface area contributed by atoms with Crippen molar-refractivity contribution in [2.24, 2.45) is 0 Å². The second kappa shape index (κ2) is 6.20. The molecule has 0 aliphatic rings. The van der Waals surface area contributed by atoms with Gasteiger partial charge in [-0.05, 0) is 29.8 Å². The molecule has 3 aromatic rings. The molecule has 0 radical (unpaired) electrons. The van der Waals surface area contributed by atoms with E-state index in [1.807, 2.05) is 30.3 Å². The van der Waals surface area contributed by atoms with Crippen molar-refractivity contribution >= 4 is 23.4 Å². The number of nitrogens with one attached hydrogen (secondary N) is 1. The Morgan fingerprint density at radius 2 is 1.81 bits per heavy atom. The van der Waals surface area contributed by atoms with Crippen molar-refractivity contribution in [1.29, 1.82) is 0 Å². The molecular weight excluding hydrogens is 306 g/mol. The first kappa shape index (κ1) is 14.0. The average Bonchev–Trinajstić information content (AvgIpc) is 2.88. The van der Waals surface area contributed by atoms with Crippen LogP contribution in [0.4, 0.5) is 0 Å². The summed E-state index contributed by atoms with van der Waals surface area (Å²) in [5.41, 5.74) is 1.67. The van der Waals surface area contributed by atoms with Gasteiger partial charge in [0.25, 0.3) is 0 Å². The van der Waals surface area contributed by atoms with Gasteiger partial charge in [-0.3, -0.25) is 0 Å². The van der Waals surface area contributed by atoms with Crippen LogP contribution >= 0.6 is 23.4 Å². The lowest BCUT2D eigenvalue weighted by Gasteiger charge is -2.05. The first-order valence-electron chi connectivity index (χ1n) is 6.34. The molecule has 21 heavy (non-hydrogen) atoms. The predicted octanol–water partition coefficient (Wildman–Crippen LogP) is 3.51. The van der Waals surface area contributed by atoms with Crippen LogP contribution in [0.15, 0.2) is 64.5 Å². The van der Waals surface area contributed by atoms with Crippen LogP contribution in [-0.2, 0) is 5.75 Å². The van der Waals surface area contributed by atoms with Crippen LogP contribution in [0.2, 0.25) is 5.02 Å². The van der Waals surface area contributed by atoms with E-state index in [1.165, 1.54) is 17.3 Å². The molecule has 1 heterocycles. The van der Waals surface area contributed by atoms with Gasteiger partial charge in [-0.2, -0.15) is 0 Å². The molecule has 106 valence electrons. The summed E-state index contributed by atoms with van der Waals surface area (Å²) in [7, 11) is 0. The summed E-state index contributed by atoms with van der Waals surface area (Å²) in [5, 5.41) is 7.84. The van der Waals surface area contributed by atoms with Crippen molar-refractivity contribution in [3.05, 3.63) is 75.7 Å². The number of aromatic amines is 1. The van der Waals surface area contributed by atoms with Gasteiger partial charge in [-0.25, -0.2) is 14.5 Å². The van der Waals surface area contributed by atoms with Crippen molar-refractivity contribution in [3.63, 3.8) is 0 Å². The van der Waals surface area contributed by atoms with E-state index in [9.17, 15) is 4.79 Å². The molecule has 4 nitrogen and oxygen atoms in total. The molecule has 1 N–H and O–H groups in total. The SMILES string of the molecule is O=c1[nH]nc(SCc2ccccc2)n1-c1ccc(Cl)cc1. The maximum absolute atomic E-state index is 11.9. The number of nitrogens with zero attached hydrogens (tertiary/aromatic N) is 2. The lowest BCUT2D eigenvalue weighted by molar-refractivity contribution is 0.870. The van der Waals surface area contributed by atoms with Crippen molar-refractivity contribution < 1.29 is 0 Å². The Kier molecular flexibility index (Phi) is 4.13. The lowest BCUT2D eigenvalue weighted by Crippen LogP contribution is -2.15. The largest absolute Gasteiger partial charge is 0.348 e.